The second kappa shape index (κ2) is 4.89. The minimum atomic E-state index is -2.96. The van der Waals surface area contributed by atoms with Crippen LogP contribution in [0.5, 0.6) is 5.75 Å². The highest BCUT2D eigenvalue weighted by Gasteiger charge is 2.46. The Balaban J connectivity index is 1.81. The lowest BCUT2D eigenvalue weighted by molar-refractivity contribution is 0.347. The van der Waals surface area contributed by atoms with Gasteiger partial charge < -0.3 is 15.0 Å². The van der Waals surface area contributed by atoms with Gasteiger partial charge in [0.05, 0.1) is 30.7 Å². The summed E-state index contributed by atoms with van der Waals surface area (Å²) in [5, 5.41) is 3.75. The van der Waals surface area contributed by atoms with Crippen LogP contribution in [0.3, 0.4) is 0 Å². The monoisotopic (exact) mass is 312 g/mol. The predicted octanol–water partition coefficient (Wildman–Crippen LogP) is 0.551. The number of methoxy groups -OCH3 is 1. The van der Waals surface area contributed by atoms with Gasteiger partial charge in [-0.05, 0) is 29.9 Å². The number of nitrogens with one attached hydrogen (secondary N) is 1. The normalized spacial score (nSPS) is 27.2. The molecular formula is C13H16N2O3S2. The maximum atomic E-state index is 11.7. The molecule has 2 heterocycles. The number of fused-ring (bicyclic) bond motifs is 1. The molecule has 0 aliphatic carbocycles. The van der Waals surface area contributed by atoms with Crippen LogP contribution in [0.25, 0.3) is 0 Å². The quantitative estimate of drug-likeness (QED) is 0.823. The fraction of sp³-hybridized carbons (Fsp3) is 0.462. The van der Waals surface area contributed by atoms with Crippen LogP contribution >= 0.6 is 12.2 Å². The van der Waals surface area contributed by atoms with Crippen LogP contribution in [0, 0.1) is 0 Å². The van der Waals surface area contributed by atoms with Crippen molar-refractivity contribution in [1.29, 1.82) is 0 Å². The van der Waals surface area contributed by atoms with E-state index >= 15 is 0 Å². The third-order valence-electron chi connectivity index (χ3n) is 3.78. The molecule has 1 N–H and O–H groups in total. The number of hydrogen-bond donors (Lipinski definition) is 1. The summed E-state index contributed by atoms with van der Waals surface area (Å²) in [6.45, 7) is 0.597. The van der Waals surface area contributed by atoms with Crippen LogP contribution in [0.4, 0.5) is 0 Å². The van der Waals surface area contributed by atoms with Crippen molar-refractivity contribution in [3.05, 3.63) is 29.8 Å². The van der Waals surface area contributed by atoms with Crippen LogP contribution in [0.1, 0.15) is 5.56 Å². The molecule has 2 aliphatic rings. The minimum Gasteiger partial charge on any atom is -0.497 e. The predicted molar refractivity (Wildman–Crippen MR) is 80.5 cm³/mol. The Hall–Kier alpha value is -1.34. The van der Waals surface area contributed by atoms with Gasteiger partial charge in [-0.15, -0.1) is 0 Å². The molecule has 0 spiro atoms. The van der Waals surface area contributed by atoms with E-state index in [4.69, 9.17) is 17.0 Å². The van der Waals surface area contributed by atoms with Crippen LogP contribution in [-0.2, 0) is 16.4 Å². The van der Waals surface area contributed by atoms with Crippen molar-refractivity contribution in [2.75, 3.05) is 18.6 Å². The zero-order chi connectivity index (χ0) is 14.3. The number of ether oxygens (including phenoxy) is 1. The lowest BCUT2D eigenvalue weighted by Gasteiger charge is -2.23. The highest BCUT2D eigenvalue weighted by molar-refractivity contribution is 7.91. The highest BCUT2D eigenvalue weighted by Crippen LogP contribution is 2.26. The summed E-state index contributed by atoms with van der Waals surface area (Å²) in [6.07, 6.45) is 0. The zero-order valence-electron chi connectivity index (χ0n) is 11.1. The second-order valence-corrected chi connectivity index (χ2v) is 7.72. The number of nitrogens with zero attached hydrogens (tertiary/aromatic N) is 1. The van der Waals surface area contributed by atoms with Gasteiger partial charge >= 0.3 is 0 Å². The summed E-state index contributed by atoms with van der Waals surface area (Å²) >= 11 is 5.32. The van der Waals surface area contributed by atoms with E-state index in [0.717, 1.165) is 11.3 Å². The average Bonchev–Trinajstić information content (AvgIpc) is 2.83. The topological polar surface area (TPSA) is 58.6 Å². The van der Waals surface area contributed by atoms with E-state index in [-0.39, 0.29) is 23.6 Å². The first-order valence-corrected chi connectivity index (χ1v) is 8.62. The smallest absolute Gasteiger partial charge is 0.169 e. The molecule has 2 aliphatic heterocycles. The van der Waals surface area contributed by atoms with Crippen LogP contribution < -0.4 is 10.1 Å². The van der Waals surface area contributed by atoms with Crippen LogP contribution in [0.2, 0.25) is 0 Å². The maximum Gasteiger partial charge on any atom is 0.169 e. The first kappa shape index (κ1) is 13.6. The van der Waals surface area contributed by atoms with Crippen molar-refractivity contribution in [1.82, 2.24) is 10.2 Å². The number of sulfone groups is 1. The van der Waals surface area contributed by atoms with E-state index in [1.54, 1.807) is 7.11 Å². The SMILES string of the molecule is COc1cccc(CN2C(=S)N[C@H]3CS(=O)(=O)C[C@@H]32)c1. The van der Waals surface area contributed by atoms with Gasteiger partial charge in [0.15, 0.2) is 14.9 Å². The van der Waals surface area contributed by atoms with Gasteiger partial charge in [0, 0.05) is 6.54 Å². The van der Waals surface area contributed by atoms with E-state index in [0.29, 0.717) is 11.7 Å². The number of hydrogen-bond acceptors (Lipinski definition) is 4. The fourth-order valence-corrected chi connectivity index (χ4v) is 5.10. The molecule has 7 heteroatoms. The van der Waals surface area contributed by atoms with Gasteiger partial charge in [0.1, 0.15) is 5.75 Å². The molecule has 20 heavy (non-hydrogen) atoms. The summed E-state index contributed by atoms with van der Waals surface area (Å²) in [7, 11) is -1.33. The third-order valence-corrected chi connectivity index (χ3v) is 5.85. The Morgan fingerprint density at radius 2 is 2.25 bits per heavy atom. The van der Waals surface area contributed by atoms with E-state index in [1.807, 2.05) is 29.2 Å². The average molecular weight is 312 g/mol. The summed E-state index contributed by atoms with van der Waals surface area (Å²) in [4.78, 5) is 1.97. The lowest BCUT2D eigenvalue weighted by atomic mass is 10.1. The van der Waals surface area contributed by atoms with E-state index in [1.165, 1.54) is 0 Å². The van der Waals surface area contributed by atoms with Crippen molar-refractivity contribution >= 4 is 27.2 Å². The summed E-state index contributed by atoms with van der Waals surface area (Å²) in [6, 6.07) is 7.61. The third kappa shape index (κ3) is 2.47. The Kier molecular flexibility index (Phi) is 3.33. The molecule has 3 rings (SSSR count). The molecule has 2 saturated heterocycles. The number of benzene rings is 1. The number of thiocarbonyl (C=S) groups is 1. The Labute approximate surface area is 123 Å². The molecule has 0 radical (unpaired) electrons. The summed E-state index contributed by atoms with van der Waals surface area (Å²) in [5.41, 5.74) is 1.05. The summed E-state index contributed by atoms with van der Waals surface area (Å²) < 4.78 is 28.6. The first-order chi connectivity index (χ1) is 9.48. The molecule has 2 atom stereocenters. The van der Waals surface area contributed by atoms with Gasteiger partial charge in [-0.25, -0.2) is 8.42 Å². The molecule has 2 fully saturated rings. The number of rotatable bonds is 3. The van der Waals surface area contributed by atoms with Gasteiger partial charge in [0.25, 0.3) is 0 Å². The second-order valence-electron chi connectivity index (χ2n) is 5.18. The Morgan fingerprint density at radius 3 is 3.00 bits per heavy atom. The molecule has 108 valence electrons. The molecule has 0 bridgehead atoms. The van der Waals surface area contributed by atoms with Gasteiger partial charge in [-0.3, -0.25) is 0 Å². The first-order valence-electron chi connectivity index (χ1n) is 6.39. The van der Waals surface area contributed by atoms with E-state index < -0.39 is 9.84 Å². The standard InChI is InChI=1S/C13H16N2O3S2/c1-18-10-4-2-3-9(5-10)6-15-12-8-20(16,17)7-11(12)14-13(15)19/h2-5,11-12H,6-8H2,1H3,(H,14,19)/t11-,12-/m0/s1. The molecule has 1 aromatic rings. The van der Waals surface area contributed by atoms with Crippen molar-refractivity contribution in [2.24, 2.45) is 0 Å². The molecule has 0 aromatic heterocycles. The Bertz CT molecular complexity index is 645. The van der Waals surface area contributed by atoms with Crippen molar-refractivity contribution in [3.8, 4) is 5.75 Å². The van der Waals surface area contributed by atoms with Gasteiger partial charge in [-0.2, -0.15) is 0 Å². The van der Waals surface area contributed by atoms with Crippen molar-refractivity contribution in [3.63, 3.8) is 0 Å². The van der Waals surface area contributed by atoms with E-state index in [9.17, 15) is 8.42 Å². The molecule has 5 nitrogen and oxygen atoms in total. The molecule has 0 saturated carbocycles. The highest BCUT2D eigenvalue weighted by atomic mass is 32.2. The van der Waals surface area contributed by atoms with Crippen molar-refractivity contribution in [2.45, 2.75) is 18.6 Å². The van der Waals surface area contributed by atoms with Gasteiger partial charge in [0.2, 0.25) is 0 Å². The van der Waals surface area contributed by atoms with E-state index in [2.05, 4.69) is 5.32 Å². The fourth-order valence-electron chi connectivity index (χ4n) is 2.82. The maximum absolute atomic E-state index is 11.7. The van der Waals surface area contributed by atoms with Crippen LogP contribution in [0.15, 0.2) is 24.3 Å². The largest absolute Gasteiger partial charge is 0.497 e. The molecule has 0 amide bonds. The lowest BCUT2D eigenvalue weighted by Crippen LogP contribution is -2.36. The zero-order valence-corrected chi connectivity index (χ0v) is 12.7. The van der Waals surface area contributed by atoms with Crippen molar-refractivity contribution < 1.29 is 13.2 Å². The molecular weight excluding hydrogens is 296 g/mol. The minimum absolute atomic E-state index is 0.0568. The summed E-state index contributed by atoms with van der Waals surface area (Å²) in [5.74, 6) is 1.14. The van der Waals surface area contributed by atoms with Gasteiger partial charge in [-0.1, -0.05) is 12.1 Å². The molecule has 1 aromatic carbocycles. The Morgan fingerprint density at radius 1 is 1.45 bits per heavy atom. The van der Waals surface area contributed by atoms with Crippen LogP contribution in [-0.4, -0.2) is 49.1 Å². The molecule has 0 unspecified atom stereocenters.